The zero-order valence-corrected chi connectivity index (χ0v) is 20.6. The van der Waals surface area contributed by atoms with E-state index in [-0.39, 0.29) is 30.1 Å². The number of carbonyl (C=O) groups is 1. The lowest BCUT2D eigenvalue weighted by Gasteiger charge is -2.13. The fraction of sp³-hybridized carbons (Fsp3) is 0.292. The van der Waals surface area contributed by atoms with Crippen LogP contribution < -0.4 is 21.6 Å². The largest absolute Gasteiger partial charge is 0.494 e. The number of hydrogen-bond donors (Lipinski definition) is 3. The van der Waals surface area contributed by atoms with Crippen LogP contribution in [0.15, 0.2) is 47.0 Å². The highest BCUT2D eigenvalue weighted by Gasteiger charge is 2.25. The predicted molar refractivity (Wildman–Crippen MR) is 136 cm³/mol. The van der Waals surface area contributed by atoms with Gasteiger partial charge in [0.1, 0.15) is 12.0 Å². The Morgan fingerprint density at radius 1 is 1.34 bits per heavy atom. The molecule has 0 aliphatic heterocycles. The summed E-state index contributed by atoms with van der Waals surface area (Å²) in [6, 6.07) is 5.14. The fourth-order valence-corrected chi connectivity index (χ4v) is 4.15. The molecule has 3 heterocycles. The molecule has 4 aromatic rings. The number of nitrogens with two attached hydrogens (primary N) is 2. The Morgan fingerprint density at radius 3 is 2.87 bits per heavy atom. The van der Waals surface area contributed by atoms with Gasteiger partial charge in [0.05, 0.1) is 31.3 Å². The molecule has 0 bridgehead atoms. The first-order chi connectivity index (χ1) is 18.5. The average molecular weight is 520 g/mol. The summed E-state index contributed by atoms with van der Waals surface area (Å²) in [4.78, 5) is 21.7. The van der Waals surface area contributed by atoms with E-state index in [9.17, 15) is 4.79 Å². The maximum atomic E-state index is 15.0. The third-order valence-corrected chi connectivity index (χ3v) is 6.23. The molecular weight excluding hydrogens is 493 g/mol. The number of imidazole rings is 1. The molecule has 1 saturated carbocycles. The molecule has 0 spiro atoms. The zero-order valence-electron chi connectivity index (χ0n) is 20.6. The van der Waals surface area contributed by atoms with Gasteiger partial charge in [-0.3, -0.25) is 9.79 Å². The van der Waals surface area contributed by atoms with Crippen molar-refractivity contribution in [2.45, 2.75) is 38.4 Å². The van der Waals surface area contributed by atoms with E-state index in [0.29, 0.717) is 23.8 Å². The Balaban J connectivity index is 1.28. The number of tetrazole rings is 1. The molecule has 0 radical (unpaired) electrons. The van der Waals surface area contributed by atoms with Gasteiger partial charge < -0.3 is 26.0 Å². The minimum Gasteiger partial charge on any atom is -0.494 e. The number of aromatic nitrogens is 6. The summed E-state index contributed by atoms with van der Waals surface area (Å²) in [5.41, 5.74) is 9.97. The van der Waals surface area contributed by atoms with Crippen molar-refractivity contribution in [3.63, 3.8) is 0 Å². The highest BCUT2D eigenvalue weighted by molar-refractivity contribution is 6.60. The lowest BCUT2D eigenvalue weighted by molar-refractivity contribution is -0.114. The van der Waals surface area contributed by atoms with Crippen LogP contribution in [0.5, 0.6) is 5.75 Å². The SMILES string of the molecule is COc1ccc(-n2cnnn2)c(CNC(=O)/C(C=NCc2cn3cc(C4CC4)cc(CN)c3n2)=N/N)c1F. The Bertz CT molecular complexity index is 1520. The van der Waals surface area contributed by atoms with Crippen LogP contribution in [0, 0.1) is 5.82 Å². The number of hydrazone groups is 1. The molecule has 1 aliphatic rings. The monoisotopic (exact) mass is 519 g/mol. The molecule has 3 aromatic heterocycles. The van der Waals surface area contributed by atoms with Crippen molar-refractivity contribution in [2.24, 2.45) is 21.7 Å². The second-order valence-corrected chi connectivity index (χ2v) is 8.74. The Hall–Kier alpha value is -4.72. The summed E-state index contributed by atoms with van der Waals surface area (Å²) in [6.07, 6.45) is 8.91. The number of carbonyl (C=O) groups excluding carboxylic acids is 1. The van der Waals surface area contributed by atoms with Crippen LogP contribution in [0.4, 0.5) is 4.39 Å². The molecule has 1 fully saturated rings. The number of benzene rings is 1. The van der Waals surface area contributed by atoms with Crippen LogP contribution in [-0.2, 0) is 24.4 Å². The van der Waals surface area contributed by atoms with Crippen molar-refractivity contribution in [1.29, 1.82) is 0 Å². The standard InChI is InChI=1S/C24H26FN11O2/c1-38-21-5-4-20(36-13-30-33-34-36)18(22(21)25)9-29-24(37)19(32-27)10-28-8-17-12-35-11-16(14-2-3-14)6-15(7-26)23(35)31-17/h4-6,10-14H,2-3,7-9,26-27H2,1H3,(H,29,37)/b28-10?,32-19+. The van der Waals surface area contributed by atoms with Crippen LogP contribution >= 0.6 is 0 Å². The number of rotatable bonds is 10. The summed E-state index contributed by atoms with van der Waals surface area (Å²) in [6.45, 7) is 0.378. The van der Waals surface area contributed by atoms with Crippen molar-refractivity contribution in [1.82, 2.24) is 34.9 Å². The van der Waals surface area contributed by atoms with E-state index in [1.807, 2.05) is 10.6 Å². The van der Waals surface area contributed by atoms with Crippen molar-refractivity contribution in [2.75, 3.05) is 7.11 Å². The first-order valence-corrected chi connectivity index (χ1v) is 11.9. The lowest BCUT2D eigenvalue weighted by Crippen LogP contribution is -2.33. The number of amides is 1. The van der Waals surface area contributed by atoms with Crippen LogP contribution in [-0.4, -0.2) is 54.5 Å². The van der Waals surface area contributed by atoms with Crippen molar-refractivity contribution in [3.05, 3.63) is 65.1 Å². The van der Waals surface area contributed by atoms with Gasteiger partial charge in [-0.05, 0) is 52.9 Å². The number of aliphatic imine (C=N–C) groups is 1. The van der Waals surface area contributed by atoms with E-state index in [4.69, 9.17) is 16.3 Å². The molecule has 5 N–H and O–H groups in total. The number of nitrogens with zero attached hydrogens (tertiary/aromatic N) is 8. The lowest BCUT2D eigenvalue weighted by atomic mass is 10.1. The van der Waals surface area contributed by atoms with Gasteiger partial charge in [0.25, 0.3) is 5.91 Å². The maximum Gasteiger partial charge on any atom is 0.273 e. The van der Waals surface area contributed by atoms with Gasteiger partial charge >= 0.3 is 0 Å². The summed E-state index contributed by atoms with van der Waals surface area (Å²) in [5, 5.41) is 17.1. The number of methoxy groups -OCH3 is 1. The zero-order chi connectivity index (χ0) is 26.6. The fourth-order valence-electron chi connectivity index (χ4n) is 4.15. The molecule has 1 aromatic carbocycles. The van der Waals surface area contributed by atoms with E-state index >= 15 is 4.39 Å². The third kappa shape index (κ3) is 5.06. The van der Waals surface area contributed by atoms with E-state index in [0.717, 1.165) is 11.2 Å². The average Bonchev–Trinajstić information content (AvgIpc) is 3.47. The highest BCUT2D eigenvalue weighted by atomic mass is 19.1. The van der Waals surface area contributed by atoms with Gasteiger partial charge in [0.15, 0.2) is 17.3 Å². The molecule has 196 valence electrons. The molecular formula is C24H26FN11O2. The second-order valence-electron chi connectivity index (χ2n) is 8.74. The minimum absolute atomic E-state index is 0.00912. The molecule has 0 saturated heterocycles. The molecule has 1 amide bonds. The molecule has 0 atom stereocenters. The van der Waals surface area contributed by atoms with Gasteiger partial charge in [0.2, 0.25) is 0 Å². The Kier molecular flexibility index (Phi) is 7.04. The quantitative estimate of drug-likeness (QED) is 0.158. The maximum absolute atomic E-state index is 15.0. The topological polar surface area (TPSA) is 176 Å². The van der Waals surface area contributed by atoms with E-state index in [1.54, 1.807) is 6.07 Å². The number of hydrogen-bond acceptors (Lipinski definition) is 10. The Labute approximate surface area is 216 Å². The molecule has 1 aliphatic carbocycles. The van der Waals surface area contributed by atoms with E-state index in [2.05, 4.69) is 48.2 Å². The molecule has 5 rings (SSSR count). The van der Waals surface area contributed by atoms with Gasteiger partial charge in [0, 0.05) is 36.6 Å². The molecule has 14 heteroatoms. The number of nitrogens with one attached hydrogen (secondary N) is 1. The highest BCUT2D eigenvalue weighted by Crippen LogP contribution is 2.40. The summed E-state index contributed by atoms with van der Waals surface area (Å²) >= 11 is 0. The predicted octanol–water partition coefficient (Wildman–Crippen LogP) is 0.996. The van der Waals surface area contributed by atoms with Gasteiger partial charge in [-0.15, -0.1) is 5.10 Å². The van der Waals surface area contributed by atoms with Crippen LogP contribution in [0.25, 0.3) is 11.3 Å². The van der Waals surface area contributed by atoms with Crippen molar-refractivity contribution >= 4 is 23.5 Å². The molecule has 13 nitrogen and oxygen atoms in total. The first-order valence-electron chi connectivity index (χ1n) is 11.9. The van der Waals surface area contributed by atoms with Crippen LogP contribution in [0.3, 0.4) is 0 Å². The number of pyridine rings is 1. The Morgan fingerprint density at radius 2 is 2.18 bits per heavy atom. The third-order valence-electron chi connectivity index (χ3n) is 6.23. The minimum atomic E-state index is -0.658. The molecule has 0 unspecified atom stereocenters. The number of fused-ring (bicyclic) bond motifs is 1. The summed E-state index contributed by atoms with van der Waals surface area (Å²) < 4.78 is 23.3. The normalized spacial score (nSPS) is 13.9. The van der Waals surface area contributed by atoms with Gasteiger partial charge in [-0.25, -0.2) is 14.1 Å². The smallest absolute Gasteiger partial charge is 0.273 e. The summed E-state index contributed by atoms with van der Waals surface area (Å²) in [5.74, 6) is 4.73. The van der Waals surface area contributed by atoms with Crippen LogP contribution in [0.2, 0.25) is 0 Å². The van der Waals surface area contributed by atoms with Crippen molar-refractivity contribution in [3.8, 4) is 11.4 Å². The van der Waals surface area contributed by atoms with Gasteiger partial charge in [-0.2, -0.15) is 5.10 Å². The van der Waals surface area contributed by atoms with E-state index in [1.165, 1.54) is 48.8 Å². The van der Waals surface area contributed by atoms with Gasteiger partial charge in [-0.1, -0.05) is 0 Å². The van der Waals surface area contributed by atoms with E-state index < -0.39 is 11.7 Å². The summed E-state index contributed by atoms with van der Waals surface area (Å²) in [7, 11) is 1.35. The first kappa shape index (κ1) is 25.0. The second kappa shape index (κ2) is 10.7. The number of ether oxygens (including phenoxy) is 1. The van der Waals surface area contributed by atoms with Crippen molar-refractivity contribution < 1.29 is 13.9 Å². The van der Waals surface area contributed by atoms with Crippen LogP contribution in [0.1, 0.15) is 41.1 Å². The number of halogens is 1. The molecule has 38 heavy (non-hydrogen) atoms.